The lowest BCUT2D eigenvalue weighted by atomic mass is 9.99. The number of hydrogen-bond acceptors (Lipinski definition) is 2. The van der Waals surface area contributed by atoms with E-state index in [2.05, 4.69) is 17.2 Å². The molecular weight excluding hydrogens is 272 g/mol. The molecule has 0 aliphatic heterocycles. The fourth-order valence-corrected chi connectivity index (χ4v) is 2.71. The van der Waals surface area contributed by atoms with Crippen molar-refractivity contribution in [2.45, 2.75) is 20.3 Å². The summed E-state index contributed by atoms with van der Waals surface area (Å²) < 4.78 is 0. The molecule has 0 radical (unpaired) electrons. The van der Waals surface area contributed by atoms with Gasteiger partial charge in [-0.15, -0.1) is 0 Å². The van der Waals surface area contributed by atoms with Gasteiger partial charge in [0.05, 0.1) is 11.1 Å². The van der Waals surface area contributed by atoms with Gasteiger partial charge in [0.15, 0.2) is 0 Å². The van der Waals surface area contributed by atoms with Crippen LogP contribution < -0.4 is 5.32 Å². The van der Waals surface area contributed by atoms with E-state index in [9.17, 15) is 4.79 Å². The second kappa shape index (κ2) is 5.98. The van der Waals surface area contributed by atoms with E-state index < -0.39 is 0 Å². The Hall–Kier alpha value is -2.68. The number of amides is 1. The second-order valence-corrected chi connectivity index (χ2v) is 5.25. The number of pyridine rings is 1. The highest BCUT2D eigenvalue weighted by atomic mass is 16.1. The molecule has 3 nitrogen and oxygen atoms in total. The predicted octanol–water partition coefficient (Wildman–Crippen LogP) is 4.36. The molecule has 0 bridgehead atoms. The SMILES string of the molecule is CCc1nc2ccccc2c(C(=O)Nc2ccccc2)c1C. The van der Waals surface area contributed by atoms with Gasteiger partial charge >= 0.3 is 0 Å². The summed E-state index contributed by atoms with van der Waals surface area (Å²) in [6, 6.07) is 17.3. The second-order valence-electron chi connectivity index (χ2n) is 5.25. The number of fused-ring (bicyclic) bond motifs is 1. The van der Waals surface area contributed by atoms with Crippen molar-refractivity contribution < 1.29 is 4.79 Å². The lowest BCUT2D eigenvalue weighted by molar-refractivity contribution is 0.102. The minimum absolute atomic E-state index is 0.0861. The maximum absolute atomic E-state index is 12.8. The normalized spacial score (nSPS) is 10.6. The topological polar surface area (TPSA) is 42.0 Å². The molecule has 0 saturated heterocycles. The Morgan fingerprint density at radius 1 is 1.05 bits per heavy atom. The average Bonchev–Trinajstić information content (AvgIpc) is 2.55. The number of benzene rings is 2. The third-order valence-electron chi connectivity index (χ3n) is 3.83. The number of anilines is 1. The van der Waals surface area contributed by atoms with Gasteiger partial charge in [-0.2, -0.15) is 0 Å². The maximum atomic E-state index is 12.8. The summed E-state index contributed by atoms with van der Waals surface area (Å²) in [7, 11) is 0. The number of rotatable bonds is 3. The van der Waals surface area contributed by atoms with E-state index in [4.69, 9.17) is 0 Å². The molecule has 1 aromatic heterocycles. The number of carbonyl (C=O) groups is 1. The lowest BCUT2D eigenvalue weighted by Crippen LogP contribution is -2.15. The Balaban J connectivity index is 2.12. The van der Waals surface area contributed by atoms with Gasteiger partial charge in [0.2, 0.25) is 0 Å². The first-order chi connectivity index (χ1) is 10.7. The van der Waals surface area contributed by atoms with Crippen molar-refractivity contribution in [1.82, 2.24) is 4.98 Å². The van der Waals surface area contributed by atoms with Crippen LogP contribution in [0.2, 0.25) is 0 Å². The molecule has 110 valence electrons. The van der Waals surface area contributed by atoms with Gasteiger partial charge in [-0.1, -0.05) is 43.3 Å². The Bertz CT molecular complexity index is 825. The van der Waals surface area contributed by atoms with Crippen molar-refractivity contribution >= 4 is 22.5 Å². The highest BCUT2D eigenvalue weighted by Gasteiger charge is 2.17. The Kier molecular flexibility index (Phi) is 3.88. The van der Waals surface area contributed by atoms with Crippen LogP contribution in [0.15, 0.2) is 54.6 Å². The zero-order valence-electron chi connectivity index (χ0n) is 12.8. The molecule has 2 aromatic carbocycles. The van der Waals surface area contributed by atoms with E-state index in [1.807, 2.05) is 61.5 Å². The molecule has 0 aliphatic rings. The van der Waals surface area contributed by atoms with Crippen molar-refractivity contribution in [3.63, 3.8) is 0 Å². The van der Waals surface area contributed by atoms with E-state index >= 15 is 0 Å². The molecule has 0 fully saturated rings. The number of nitrogens with one attached hydrogen (secondary N) is 1. The van der Waals surface area contributed by atoms with Crippen molar-refractivity contribution in [3.05, 3.63) is 71.4 Å². The monoisotopic (exact) mass is 290 g/mol. The van der Waals surface area contributed by atoms with Crippen LogP contribution in [0.5, 0.6) is 0 Å². The van der Waals surface area contributed by atoms with Gasteiger partial charge < -0.3 is 5.32 Å². The van der Waals surface area contributed by atoms with Crippen LogP contribution in [-0.4, -0.2) is 10.9 Å². The lowest BCUT2D eigenvalue weighted by Gasteiger charge is -2.13. The fraction of sp³-hybridized carbons (Fsp3) is 0.158. The summed E-state index contributed by atoms with van der Waals surface area (Å²) in [5.41, 5.74) is 4.30. The highest BCUT2D eigenvalue weighted by molar-refractivity contribution is 6.13. The molecule has 0 atom stereocenters. The summed E-state index contributed by atoms with van der Waals surface area (Å²) in [6.07, 6.45) is 0.808. The average molecular weight is 290 g/mol. The molecular formula is C19H18N2O. The standard InChI is InChI=1S/C19H18N2O/c1-3-16-13(2)18(15-11-7-8-12-17(15)21-16)19(22)20-14-9-5-4-6-10-14/h4-12H,3H2,1-2H3,(H,20,22). The molecule has 3 rings (SSSR count). The molecule has 1 heterocycles. The summed E-state index contributed by atoms with van der Waals surface area (Å²) in [4.78, 5) is 17.4. The number of para-hydroxylation sites is 2. The van der Waals surface area contributed by atoms with Crippen LogP contribution in [0, 0.1) is 6.92 Å². The Labute approximate surface area is 130 Å². The molecule has 3 aromatic rings. The third-order valence-corrected chi connectivity index (χ3v) is 3.83. The fourth-order valence-electron chi connectivity index (χ4n) is 2.71. The molecule has 22 heavy (non-hydrogen) atoms. The molecule has 0 saturated carbocycles. The van der Waals surface area contributed by atoms with Crippen LogP contribution in [-0.2, 0) is 6.42 Å². The summed E-state index contributed by atoms with van der Waals surface area (Å²) in [5.74, 6) is -0.0861. The van der Waals surface area contributed by atoms with E-state index in [-0.39, 0.29) is 5.91 Å². The van der Waals surface area contributed by atoms with Gasteiger partial charge in [0, 0.05) is 16.8 Å². The largest absolute Gasteiger partial charge is 0.322 e. The predicted molar refractivity (Wildman–Crippen MR) is 90.3 cm³/mol. The van der Waals surface area contributed by atoms with Crippen LogP contribution >= 0.6 is 0 Å². The van der Waals surface area contributed by atoms with Crippen molar-refractivity contribution in [2.24, 2.45) is 0 Å². The highest BCUT2D eigenvalue weighted by Crippen LogP contribution is 2.24. The van der Waals surface area contributed by atoms with Gasteiger partial charge in [-0.3, -0.25) is 9.78 Å². The van der Waals surface area contributed by atoms with Crippen molar-refractivity contribution in [2.75, 3.05) is 5.32 Å². The van der Waals surface area contributed by atoms with E-state index in [1.165, 1.54) is 0 Å². The Morgan fingerprint density at radius 3 is 2.45 bits per heavy atom. The zero-order chi connectivity index (χ0) is 15.5. The number of aromatic nitrogens is 1. The van der Waals surface area contributed by atoms with Crippen molar-refractivity contribution in [3.8, 4) is 0 Å². The molecule has 1 amide bonds. The molecule has 1 N–H and O–H groups in total. The number of aryl methyl sites for hydroxylation is 1. The van der Waals surface area contributed by atoms with Crippen molar-refractivity contribution in [1.29, 1.82) is 0 Å². The van der Waals surface area contributed by atoms with Gasteiger partial charge in [0.25, 0.3) is 5.91 Å². The summed E-state index contributed by atoms with van der Waals surface area (Å²) in [6.45, 7) is 4.03. The van der Waals surface area contributed by atoms with E-state index in [0.29, 0.717) is 5.56 Å². The Morgan fingerprint density at radius 2 is 1.73 bits per heavy atom. The van der Waals surface area contributed by atoms with E-state index in [0.717, 1.165) is 34.3 Å². The molecule has 0 spiro atoms. The summed E-state index contributed by atoms with van der Waals surface area (Å²) >= 11 is 0. The zero-order valence-corrected chi connectivity index (χ0v) is 12.8. The van der Waals surface area contributed by atoms with Gasteiger partial charge in [-0.05, 0) is 37.1 Å². The summed E-state index contributed by atoms with van der Waals surface area (Å²) in [5, 5.41) is 3.87. The first-order valence-corrected chi connectivity index (χ1v) is 7.45. The first kappa shape index (κ1) is 14.3. The molecule has 0 unspecified atom stereocenters. The number of nitrogens with zero attached hydrogens (tertiary/aromatic N) is 1. The quantitative estimate of drug-likeness (QED) is 0.778. The van der Waals surface area contributed by atoms with E-state index in [1.54, 1.807) is 0 Å². The van der Waals surface area contributed by atoms with Crippen LogP contribution in [0.4, 0.5) is 5.69 Å². The number of hydrogen-bond donors (Lipinski definition) is 1. The maximum Gasteiger partial charge on any atom is 0.256 e. The minimum atomic E-state index is -0.0861. The third kappa shape index (κ3) is 2.58. The smallest absolute Gasteiger partial charge is 0.256 e. The van der Waals surface area contributed by atoms with Crippen LogP contribution in [0.1, 0.15) is 28.5 Å². The van der Waals surface area contributed by atoms with Crippen LogP contribution in [0.25, 0.3) is 10.9 Å². The number of carbonyl (C=O) groups excluding carboxylic acids is 1. The van der Waals surface area contributed by atoms with Gasteiger partial charge in [-0.25, -0.2) is 0 Å². The minimum Gasteiger partial charge on any atom is -0.322 e. The van der Waals surface area contributed by atoms with Gasteiger partial charge in [0.1, 0.15) is 0 Å². The first-order valence-electron chi connectivity index (χ1n) is 7.45. The molecule has 0 aliphatic carbocycles. The molecule has 3 heteroatoms. The van der Waals surface area contributed by atoms with Crippen LogP contribution in [0.3, 0.4) is 0 Å².